The van der Waals surface area contributed by atoms with E-state index in [1.165, 1.54) is 7.11 Å². The first kappa shape index (κ1) is 24.7. The van der Waals surface area contributed by atoms with Gasteiger partial charge < -0.3 is 24.2 Å². The zero-order valence-corrected chi connectivity index (χ0v) is 19.2. The lowest BCUT2D eigenvalue weighted by molar-refractivity contribution is -0.122. The van der Waals surface area contributed by atoms with Crippen molar-refractivity contribution in [3.05, 3.63) is 47.3 Å². The number of methoxy groups -OCH3 is 1. The Morgan fingerprint density at radius 3 is 2.58 bits per heavy atom. The van der Waals surface area contributed by atoms with E-state index in [4.69, 9.17) is 23.9 Å². The molecule has 1 aromatic carbocycles. The molecule has 2 aromatic rings. The minimum atomic E-state index is -0.559. The predicted molar refractivity (Wildman–Crippen MR) is 119 cm³/mol. The Kier molecular flexibility index (Phi) is 8.46. The van der Waals surface area contributed by atoms with Crippen LogP contribution in [0.3, 0.4) is 0 Å². The first-order chi connectivity index (χ1) is 15.9. The molecule has 2 aliphatic rings. The molecule has 1 saturated carbocycles. The lowest BCUT2D eigenvalue weighted by atomic mass is 9.78. The number of aliphatic hydroxyl groups excluding tert-OH is 1. The number of benzene rings is 1. The van der Waals surface area contributed by atoms with Gasteiger partial charge in [-0.3, -0.25) is 9.69 Å². The number of ether oxygens (including phenoxy) is 2. The largest absolute Gasteiger partial charge is 0.487 e. The van der Waals surface area contributed by atoms with Crippen LogP contribution in [-0.2, 0) is 16.1 Å². The number of carbonyl (C=O) groups excluding carboxylic acids is 1. The molecule has 4 atom stereocenters. The molecule has 2 fully saturated rings. The van der Waals surface area contributed by atoms with Gasteiger partial charge in [0.25, 0.3) is 6.47 Å². The van der Waals surface area contributed by atoms with E-state index >= 15 is 0 Å². The van der Waals surface area contributed by atoms with Crippen molar-refractivity contribution in [3.8, 4) is 5.75 Å². The molecule has 9 heteroatoms. The van der Waals surface area contributed by atoms with Crippen molar-refractivity contribution in [2.24, 2.45) is 11.8 Å². The number of carboxylic acid groups (broad SMARTS) is 1. The molecule has 2 N–H and O–H groups in total. The lowest BCUT2D eigenvalue weighted by Crippen LogP contribution is -2.42. The van der Waals surface area contributed by atoms with Gasteiger partial charge in [-0.05, 0) is 36.8 Å². The van der Waals surface area contributed by atoms with E-state index in [-0.39, 0.29) is 12.6 Å². The van der Waals surface area contributed by atoms with E-state index in [0.717, 1.165) is 37.5 Å². The van der Waals surface area contributed by atoms with Gasteiger partial charge in [-0.1, -0.05) is 31.1 Å². The fraction of sp³-hybridized carbons (Fsp3) is 0.542. The molecule has 1 saturated heterocycles. The van der Waals surface area contributed by atoms with E-state index in [2.05, 4.69) is 23.9 Å². The molecule has 1 aromatic heterocycles. The molecule has 180 valence electrons. The summed E-state index contributed by atoms with van der Waals surface area (Å²) in [6.45, 7) is 6.58. The maximum Gasteiger partial charge on any atom is 0.341 e. The SMILES string of the molecule is COC(=O)c1ccccc1O[C@@H]1C[C@@H]2CN(Cc3cc(C(C)C)on3)C[C@@H]2C[C@H]1O.O=CO. The lowest BCUT2D eigenvalue weighted by Gasteiger charge is -2.35. The van der Waals surface area contributed by atoms with Crippen molar-refractivity contribution in [1.29, 1.82) is 0 Å². The molecule has 0 spiro atoms. The van der Waals surface area contributed by atoms with E-state index < -0.39 is 12.1 Å². The van der Waals surface area contributed by atoms with Gasteiger partial charge >= 0.3 is 5.97 Å². The Hall–Kier alpha value is -2.91. The van der Waals surface area contributed by atoms with Crippen LogP contribution in [0.1, 0.15) is 54.4 Å². The average molecular weight is 461 g/mol. The Balaban J connectivity index is 0.000000968. The van der Waals surface area contributed by atoms with Crippen molar-refractivity contribution >= 4 is 12.4 Å². The van der Waals surface area contributed by atoms with Crippen LogP contribution in [-0.4, -0.2) is 65.1 Å². The maximum absolute atomic E-state index is 12.0. The second-order valence-corrected chi connectivity index (χ2v) is 8.88. The topological polar surface area (TPSA) is 122 Å². The number of para-hydroxylation sites is 1. The van der Waals surface area contributed by atoms with Crippen molar-refractivity contribution in [3.63, 3.8) is 0 Å². The molecule has 0 amide bonds. The zero-order valence-electron chi connectivity index (χ0n) is 19.2. The van der Waals surface area contributed by atoms with Crippen LogP contribution < -0.4 is 4.74 Å². The van der Waals surface area contributed by atoms with Gasteiger partial charge in [0, 0.05) is 31.6 Å². The second kappa shape index (κ2) is 11.3. The first-order valence-corrected chi connectivity index (χ1v) is 11.1. The Labute approximate surface area is 193 Å². The van der Waals surface area contributed by atoms with E-state index in [1.807, 2.05) is 12.1 Å². The molecule has 1 aliphatic carbocycles. The molecular weight excluding hydrogens is 428 g/mol. The Bertz CT molecular complexity index is 929. The number of hydrogen-bond acceptors (Lipinski definition) is 8. The first-order valence-electron chi connectivity index (χ1n) is 11.1. The summed E-state index contributed by atoms with van der Waals surface area (Å²) in [7, 11) is 1.35. The van der Waals surface area contributed by atoms with Gasteiger partial charge in [0.05, 0.1) is 18.9 Å². The summed E-state index contributed by atoms with van der Waals surface area (Å²) in [6, 6.07) is 9.07. The summed E-state index contributed by atoms with van der Waals surface area (Å²) in [5.41, 5.74) is 1.34. The highest BCUT2D eigenvalue weighted by Gasteiger charge is 2.43. The standard InChI is InChI=1S/C23H30N2O5.CH2O2/c1-14(2)21-10-17(24-30-21)13-25-11-15-8-19(26)22(9-16(15)12-25)29-20-7-5-4-6-18(20)23(27)28-3;2-1-3/h4-7,10,14-16,19,22,26H,8-9,11-13H2,1-3H3;1H,(H,2,3)/t15-,16+,19+,22+;/m0./s1. The molecule has 1 aliphatic heterocycles. The van der Waals surface area contributed by atoms with Crippen LogP contribution in [0.5, 0.6) is 5.75 Å². The second-order valence-electron chi connectivity index (χ2n) is 8.88. The third-order valence-corrected chi connectivity index (χ3v) is 6.26. The summed E-state index contributed by atoms with van der Waals surface area (Å²) in [6.07, 6.45) is 0.559. The van der Waals surface area contributed by atoms with Crippen molar-refractivity contribution in [2.45, 2.75) is 51.4 Å². The minimum absolute atomic E-state index is 0.250. The monoisotopic (exact) mass is 460 g/mol. The van der Waals surface area contributed by atoms with Gasteiger partial charge in [0.15, 0.2) is 0 Å². The molecular formula is C24H32N2O7. The number of aromatic nitrogens is 1. The normalized spacial score (nSPS) is 24.5. The van der Waals surface area contributed by atoms with Gasteiger partial charge in [-0.2, -0.15) is 0 Å². The minimum Gasteiger partial charge on any atom is -0.487 e. The van der Waals surface area contributed by atoms with E-state index in [9.17, 15) is 9.90 Å². The van der Waals surface area contributed by atoms with Gasteiger partial charge in [-0.25, -0.2) is 4.79 Å². The summed E-state index contributed by atoms with van der Waals surface area (Å²) >= 11 is 0. The zero-order chi connectivity index (χ0) is 24.0. The van der Waals surface area contributed by atoms with Crippen molar-refractivity contribution < 1.29 is 33.8 Å². The number of aliphatic hydroxyl groups is 1. The third-order valence-electron chi connectivity index (χ3n) is 6.26. The van der Waals surface area contributed by atoms with Crippen LogP contribution in [0.25, 0.3) is 0 Å². The Morgan fingerprint density at radius 2 is 1.94 bits per heavy atom. The Morgan fingerprint density at radius 1 is 1.27 bits per heavy atom. The number of hydrogen-bond donors (Lipinski definition) is 2. The van der Waals surface area contributed by atoms with Crippen LogP contribution in [0.4, 0.5) is 0 Å². The number of carbonyl (C=O) groups is 2. The average Bonchev–Trinajstić information content (AvgIpc) is 3.41. The van der Waals surface area contributed by atoms with Gasteiger partial charge in [0.2, 0.25) is 0 Å². The summed E-state index contributed by atoms with van der Waals surface area (Å²) in [4.78, 5) is 22.8. The third kappa shape index (κ3) is 6.11. The number of rotatable bonds is 6. The summed E-state index contributed by atoms with van der Waals surface area (Å²) in [5.74, 6) is 2.15. The van der Waals surface area contributed by atoms with Crippen LogP contribution >= 0.6 is 0 Å². The molecule has 9 nitrogen and oxygen atoms in total. The van der Waals surface area contributed by atoms with E-state index in [1.54, 1.807) is 18.2 Å². The van der Waals surface area contributed by atoms with Crippen LogP contribution in [0.15, 0.2) is 34.9 Å². The summed E-state index contributed by atoms with van der Waals surface area (Å²) in [5, 5.41) is 21.8. The molecule has 0 unspecified atom stereocenters. The number of likely N-dealkylation sites (tertiary alicyclic amines) is 1. The summed E-state index contributed by atoms with van der Waals surface area (Å²) < 4.78 is 16.4. The quantitative estimate of drug-likeness (QED) is 0.495. The highest BCUT2D eigenvalue weighted by molar-refractivity contribution is 5.92. The highest BCUT2D eigenvalue weighted by Crippen LogP contribution is 2.39. The number of nitrogens with zero attached hydrogens (tertiary/aromatic N) is 2. The van der Waals surface area contributed by atoms with Gasteiger partial charge in [0.1, 0.15) is 23.2 Å². The van der Waals surface area contributed by atoms with Crippen molar-refractivity contribution in [2.75, 3.05) is 20.2 Å². The molecule has 0 bridgehead atoms. The molecule has 0 radical (unpaired) electrons. The fourth-order valence-corrected chi connectivity index (χ4v) is 4.66. The van der Waals surface area contributed by atoms with Crippen LogP contribution in [0.2, 0.25) is 0 Å². The fourth-order valence-electron chi connectivity index (χ4n) is 4.66. The molecule has 33 heavy (non-hydrogen) atoms. The molecule has 4 rings (SSSR count). The van der Waals surface area contributed by atoms with Crippen LogP contribution in [0, 0.1) is 11.8 Å². The number of esters is 1. The van der Waals surface area contributed by atoms with E-state index in [0.29, 0.717) is 35.5 Å². The number of fused-ring (bicyclic) bond motifs is 1. The maximum atomic E-state index is 12.0. The predicted octanol–water partition coefficient (Wildman–Crippen LogP) is 2.94. The highest BCUT2D eigenvalue weighted by atomic mass is 16.5. The smallest absolute Gasteiger partial charge is 0.341 e. The van der Waals surface area contributed by atoms with Gasteiger partial charge in [-0.15, -0.1) is 0 Å². The molecule has 2 heterocycles. The van der Waals surface area contributed by atoms with Crippen molar-refractivity contribution in [1.82, 2.24) is 10.1 Å².